The number of carboxylic acid groups (broad SMARTS) is 1. The molecule has 2 aliphatic carbocycles. The van der Waals surface area contributed by atoms with Gasteiger partial charge in [-0.1, -0.05) is 6.42 Å². The molecule has 2 fully saturated rings. The van der Waals surface area contributed by atoms with Gasteiger partial charge >= 0.3 is 5.97 Å². The Labute approximate surface area is 102 Å². The summed E-state index contributed by atoms with van der Waals surface area (Å²) in [6.07, 6.45) is 4.77. The molecule has 98 valence electrons. The van der Waals surface area contributed by atoms with E-state index >= 15 is 0 Å². The summed E-state index contributed by atoms with van der Waals surface area (Å²) >= 11 is 0. The predicted molar refractivity (Wildman–Crippen MR) is 63.0 cm³/mol. The molecule has 0 amide bonds. The molecule has 6 heteroatoms. The monoisotopic (exact) mass is 261 g/mol. The molecule has 5 nitrogen and oxygen atoms in total. The fourth-order valence-corrected chi connectivity index (χ4v) is 4.63. The zero-order chi connectivity index (χ0) is 12.6. The second-order valence-electron chi connectivity index (χ2n) is 5.40. The summed E-state index contributed by atoms with van der Waals surface area (Å²) in [4.78, 5) is 10.4. The fourth-order valence-electron chi connectivity index (χ4n) is 3.48. The minimum Gasteiger partial charge on any atom is -0.480 e. The minimum absolute atomic E-state index is 0.144. The van der Waals surface area contributed by atoms with Crippen LogP contribution in [0.4, 0.5) is 0 Å². The molecule has 0 saturated heterocycles. The maximum atomic E-state index is 11.5. The average molecular weight is 261 g/mol. The molecule has 2 aliphatic rings. The molecular formula is C11H19NO4S. The van der Waals surface area contributed by atoms with Crippen LogP contribution in [-0.2, 0) is 14.8 Å². The SMILES string of the molecule is CC(NS(=O)(=O)CC(=O)O)C1CC2CCC1C2. The summed E-state index contributed by atoms with van der Waals surface area (Å²) in [5, 5.41) is 8.51. The lowest BCUT2D eigenvalue weighted by Crippen LogP contribution is -2.42. The van der Waals surface area contributed by atoms with Gasteiger partial charge in [0.25, 0.3) is 0 Å². The summed E-state index contributed by atoms with van der Waals surface area (Å²) in [5.41, 5.74) is 0. The number of hydrogen-bond acceptors (Lipinski definition) is 3. The topological polar surface area (TPSA) is 83.5 Å². The van der Waals surface area contributed by atoms with E-state index in [0.29, 0.717) is 11.8 Å². The van der Waals surface area contributed by atoms with Crippen molar-refractivity contribution >= 4 is 16.0 Å². The van der Waals surface area contributed by atoms with Crippen LogP contribution in [0.25, 0.3) is 0 Å². The van der Waals surface area contributed by atoms with Gasteiger partial charge in [-0.15, -0.1) is 0 Å². The number of rotatable bonds is 5. The maximum absolute atomic E-state index is 11.5. The summed E-state index contributed by atoms with van der Waals surface area (Å²) in [7, 11) is -3.68. The Morgan fingerprint density at radius 1 is 1.41 bits per heavy atom. The van der Waals surface area contributed by atoms with Crippen molar-refractivity contribution in [3.63, 3.8) is 0 Å². The molecule has 0 aromatic heterocycles. The zero-order valence-corrected chi connectivity index (χ0v) is 10.7. The van der Waals surface area contributed by atoms with Gasteiger partial charge < -0.3 is 5.11 Å². The van der Waals surface area contributed by atoms with Crippen LogP contribution < -0.4 is 4.72 Å². The third kappa shape index (κ3) is 2.98. The maximum Gasteiger partial charge on any atom is 0.320 e. The standard InChI is InChI=1S/C11H19NO4S/c1-7(12-17(15,16)6-11(13)14)10-5-8-2-3-9(10)4-8/h7-10,12H,2-6H2,1H3,(H,13,14). The predicted octanol–water partition coefficient (Wildman–Crippen LogP) is 0.815. The summed E-state index contributed by atoms with van der Waals surface area (Å²) in [6, 6.07) is -0.144. The molecule has 2 saturated carbocycles. The zero-order valence-electron chi connectivity index (χ0n) is 9.93. The van der Waals surface area contributed by atoms with Crippen LogP contribution in [0.5, 0.6) is 0 Å². The van der Waals surface area contributed by atoms with E-state index in [-0.39, 0.29) is 6.04 Å². The first-order valence-corrected chi connectivity index (χ1v) is 7.74. The van der Waals surface area contributed by atoms with Crippen molar-refractivity contribution in [1.29, 1.82) is 0 Å². The van der Waals surface area contributed by atoms with Crippen LogP contribution in [0.2, 0.25) is 0 Å². The fraction of sp³-hybridized carbons (Fsp3) is 0.909. The third-order valence-corrected chi connectivity index (χ3v) is 5.47. The quantitative estimate of drug-likeness (QED) is 0.767. The Morgan fingerprint density at radius 2 is 2.12 bits per heavy atom. The summed E-state index contributed by atoms with van der Waals surface area (Å²) in [5.74, 6) is -0.369. The van der Waals surface area contributed by atoms with Gasteiger partial charge in [0.2, 0.25) is 10.0 Å². The second kappa shape index (κ2) is 4.57. The van der Waals surface area contributed by atoms with Crippen molar-refractivity contribution in [2.75, 3.05) is 5.75 Å². The van der Waals surface area contributed by atoms with Crippen LogP contribution in [0.15, 0.2) is 0 Å². The number of aliphatic carboxylic acids is 1. The summed E-state index contributed by atoms with van der Waals surface area (Å²) < 4.78 is 25.6. The Balaban J connectivity index is 1.93. The Hall–Kier alpha value is -0.620. The molecule has 0 radical (unpaired) electrons. The third-order valence-electron chi connectivity index (χ3n) is 4.11. The number of carboxylic acids is 1. The van der Waals surface area contributed by atoms with Crippen LogP contribution in [0, 0.1) is 17.8 Å². The Morgan fingerprint density at radius 3 is 2.59 bits per heavy atom. The normalized spacial score (nSPS) is 33.8. The van der Waals surface area contributed by atoms with E-state index in [9.17, 15) is 13.2 Å². The second-order valence-corrected chi connectivity index (χ2v) is 7.15. The van der Waals surface area contributed by atoms with Crippen molar-refractivity contribution in [3.05, 3.63) is 0 Å². The molecule has 0 aliphatic heterocycles. The lowest BCUT2D eigenvalue weighted by Gasteiger charge is -2.28. The Bertz CT molecular complexity index is 406. The molecule has 2 bridgehead atoms. The van der Waals surface area contributed by atoms with Crippen molar-refractivity contribution in [2.45, 2.75) is 38.6 Å². The molecule has 0 heterocycles. The van der Waals surface area contributed by atoms with Gasteiger partial charge in [0.05, 0.1) is 0 Å². The number of nitrogens with one attached hydrogen (secondary N) is 1. The highest BCUT2D eigenvalue weighted by molar-refractivity contribution is 7.90. The van der Waals surface area contributed by atoms with Crippen molar-refractivity contribution in [1.82, 2.24) is 4.72 Å². The molecule has 0 aromatic rings. The van der Waals surface area contributed by atoms with Crippen LogP contribution in [0.3, 0.4) is 0 Å². The largest absolute Gasteiger partial charge is 0.480 e. The van der Waals surface area contributed by atoms with E-state index in [1.807, 2.05) is 6.92 Å². The molecule has 4 unspecified atom stereocenters. The first kappa shape index (κ1) is 12.8. The van der Waals surface area contributed by atoms with Crippen molar-refractivity contribution in [2.24, 2.45) is 17.8 Å². The minimum atomic E-state index is -3.68. The highest BCUT2D eigenvalue weighted by Gasteiger charge is 2.42. The van der Waals surface area contributed by atoms with E-state index < -0.39 is 21.7 Å². The van der Waals surface area contributed by atoms with Crippen LogP contribution >= 0.6 is 0 Å². The first-order chi connectivity index (χ1) is 7.87. The molecule has 0 spiro atoms. The molecule has 17 heavy (non-hydrogen) atoms. The van der Waals surface area contributed by atoms with Gasteiger partial charge in [-0.05, 0) is 43.9 Å². The van der Waals surface area contributed by atoms with Gasteiger partial charge in [-0.25, -0.2) is 13.1 Å². The van der Waals surface area contributed by atoms with Gasteiger partial charge in [-0.3, -0.25) is 4.79 Å². The van der Waals surface area contributed by atoms with Crippen molar-refractivity contribution < 1.29 is 18.3 Å². The lowest BCUT2D eigenvalue weighted by atomic mass is 9.84. The Kier molecular flexibility index (Phi) is 3.45. The van der Waals surface area contributed by atoms with Gasteiger partial charge in [0.1, 0.15) is 0 Å². The van der Waals surface area contributed by atoms with E-state index in [1.54, 1.807) is 0 Å². The molecule has 2 rings (SSSR count). The van der Waals surface area contributed by atoms with Crippen LogP contribution in [-0.4, -0.2) is 31.3 Å². The number of sulfonamides is 1. The van der Waals surface area contributed by atoms with E-state index in [2.05, 4.69) is 4.72 Å². The first-order valence-electron chi connectivity index (χ1n) is 6.09. The number of hydrogen-bond donors (Lipinski definition) is 2. The van der Waals surface area contributed by atoms with E-state index in [4.69, 9.17) is 5.11 Å². The highest BCUT2D eigenvalue weighted by Crippen LogP contribution is 2.49. The molecular weight excluding hydrogens is 242 g/mol. The lowest BCUT2D eigenvalue weighted by molar-refractivity contribution is -0.134. The van der Waals surface area contributed by atoms with Crippen LogP contribution in [0.1, 0.15) is 32.6 Å². The number of fused-ring (bicyclic) bond motifs is 2. The molecule has 0 aromatic carbocycles. The van der Waals surface area contributed by atoms with E-state index in [0.717, 1.165) is 12.3 Å². The number of carbonyl (C=O) groups is 1. The molecule has 2 N–H and O–H groups in total. The van der Waals surface area contributed by atoms with E-state index in [1.165, 1.54) is 19.3 Å². The van der Waals surface area contributed by atoms with Gasteiger partial charge in [0, 0.05) is 6.04 Å². The van der Waals surface area contributed by atoms with Crippen molar-refractivity contribution in [3.8, 4) is 0 Å². The van der Waals surface area contributed by atoms with Gasteiger partial charge in [0.15, 0.2) is 5.75 Å². The molecule has 4 atom stereocenters. The smallest absolute Gasteiger partial charge is 0.320 e. The average Bonchev–Trinajstić information content (AvgIpc) is 2.74. The highest BCUT2D eigenvalue weighted by atomic mass is 32.2. The van der Waals surface area contributed by atoms with Gasteiger partial charge in [-0.2, -0.15) is 0 Å². The summed E-state index contributed by atoms with van der Waals surface area (Å²) in [6.45, 7) is 1.85.